The number of rotatable bonds is 15. The highest BCUT2D eigenvalue weighted by Crippen LogP contribution is 2.39. The summed E-state index contributed by atoms with van der Waals surface area (Å²) < 4.78 is 100. The summed E-state index contributed by atoms with van der Waals surface area (Å²) in [5.74, 6) is -6.43. The molecule has 4 aliphatic rings. The molecule has 17 nitrogen and oxygen atoms in total. The second kappa shape index (κ2) is 28.8. The summed E-state index contributed by atoms with van der Waals surface area (Å²) >= 11 is 22.9. The van der Waals surface area contributed by atoms with Gasteiger partial charge in [0.15, 0.2) is 0 Å². The number of amides is 1. The number of nitrogens with two attached hydrogens (primary N) is 1. The van der Waals surface area contributed by atoms with Crippen molar-refractivity contribution < 1.29 is 75.0 Å². The number of nitrogens with one attached hydrogen (secondary N) is 1. The molecule has 0 spiro atoms. The molecular formula is C56H57Cl4F7N6O11. The number of benzene rings is 4. The van der Waals surface area contributed by atoms with Gasteiger partial charge in [0.25, 0.3) is 5.91 Å². The van der Waals surface area contributed by atoms with Crippen molar-refractivity contribution in [3.05, 3.63) is 148 Å². The van der Waals surface area contributed by atoms with Gasteiger partial charge in [-0.05, 0) is 113 Å². The van der Waals surface area contributed by atoms with Crippen molar-refractivity contribution >= 4 is 86.1 Å². The van der Waals surface area contributed by atoms with Gasteiger partial charge in [0.2, 0.25) is 10.9 Å². The lowest BCUT2D eigenvalue weighted by Crippen LogP contribution is -2.47. The van der Waals surface area contributed by atoms with Crippen LogP contribution in [-0.4, -0.2) is 140 Å². The summed E-state index contributed by atoms with van der Waals surface area (Å²) in [4.78, 5) is 62.4. The van der Waals surface area contributed by atoms with E-state index in [1.807, 2.05) is 4.57 Å². The van der Waals surface area contributed by atoms with Gasteiger partial charge in [0, 0.05) is 85.6 Å². The van der Waals surface area contributed by atoms with E-state index in [1.54, 1.807) is 16.8 Å². The molecule has 1 amide bonds. The fraction of sp³-hybridized carbons (Fsp3) is 0.411. The monoisotopic (exact) mass is 1260 g/mol. The molecule has 4 heterocycles. The van der Waals surface area contributed by atoms with E-state index < -0.39 is 70.4 Å². The van der Waals surface area contributed by atoms with Gasteiger partial charge >= 0.3 is 18.1 Å². The van der Waals surface area contributed by atoms with Crippen LogP contribution in [-0.2, 0) is 4.79 Å². The van der Waals surface area contributed by atoms with Crippen molar-refractivity contribution in [2.75, 3.05) is 52.5 Å². The Morgan fingerprint density at radius 1 is 0.595 bits per heavy atom. The van der Waals surface area contributed by atoms with E-state index in [0.717, 1.165) is 63.7 Å². The SMILES string of the molecule is NC1CCN(CC(O)COc2ccc(Cl)c(F)c2)CC1.O=C(NC1CCN(CC(O)COc2ccc(Cl)c(F)c2)CC1)c1cn(C2CC2)c2cc(Cl)c(F)cc2c1=O.O=C(O)C(F)(F)F.O=C(O)c1cn(C2CC2)c2cc(Cl)c(F)cc2c1=O. The van der Waals surface area contributed by atoms with E-state index in [-0.39, 0.29) is 85.1 Å². The molecule has 6 aromatic rings. The van der Waals surface area contributed by atoms with E-state index in [9.17, 15) is 60.1 Å². The highest BCUT2D eigenvalue weighted by molar-refractivity contribution is 6.32. The first kappa shape index (κ1) is 65.3. The third-order valence-corrected chi connectivity index (χ3v) is 15.1. The number of alkyl halides is 3. The predicted molar refractivity (Wildman–Crippen MR) is 300 cm³/mol. The maximum atomic E-state index is 14.1. The van der Waals surface area contributed by atoms with E-state index >= 15 is 0 Å². The van der Waals surface area contributed by atoms with Gasteiger partial charge in [-0.25, -0.2) is 27.2 Å². The summed E-state index contributed by atoms with van der Waals surface area (Å²) in [5.41, 5.74) is 5.26. The molecule has 4 aromatic carbocycles. The van der Waals surface area contributed by atoms with Gasteiger partial charge in [0.1, 0.15) is 71.3 Å². The number of carboxylic acid groups (broad SMARTS) is 2. The van der Waals surface area contributed by atoms with Crippen molar-refractivity contribution in [1.82, 2.24) is 24.3 Å². The van der Waals surface area contributed by atoms with E-state index in [2.05, 4.69) is 15.1 Å². The number of carboxylic acids is 2. The van der Waals surface area contributed by atoms with Crippen molar-refractivity contribution in [3.8, 4) is 11.5 Å². The van der Waals surface area contributed by atoms with Crippen LogP contribution < -0.4 is 31.4 Å². The minimum atomic E-state index is -5.08. The Kier molecular flexibility index (Phi) is 22.4. The van der Waals surface area contributed by atoms with Crippen molar-refractivity contribution in [2.45, 2.75) is 93.9 Å². The van der Waals surface area contributed by atoms with Gasteiger partial charge in [0.05, 0.1) is 31.1 Å². The number of β-amino-alcohol motifs (C(OH)–C–C–N with tert-alkyl or cyclic N) is 2. The zero-order valence-corrected chi connectivity index (χ0v) is 47.4. The third-order valence-electron chi connectivity index (χ3n) is 13.9. The second-order valence-electron chi connectivity index (χ2n) is 20.5. The van der Waals surface area contributed by atoms with Gasteiger partial charge in [-0.2, -0.15) is 13.2 Å². The largest absolute Gasteiger partial charge is 0.491 e. The van der Waals surface area contributed by atoms with Crippen LogP contribution in [0.5, 0.6) is 11.5 Å². The first-order valence-corrected chi connectivity index (χ1v) is 27.8. The number of pyridine rings is 2. The fourth-order valence-corrected chi connectivity index (χ4v) is 9.74. The number of aliphatic carboxylic acids is 1. The van der Waals surface area contributed by atoms with Crippen LogP contribution in [0.4, 0.5) is 30.7 Å². The van der Waals surface area contributed by atoms with Gasteiger partial charge < -0.3 is 59.9 Å². The number of ether oxygens (including phenoxy) is 2. The number of halogens is 11. The van der Waals surface area contributed by atoms with E-state index in [1.165, 1.54) is 48.7 Å². The van der Waals surface area contributed by atoms with Crippen LogP contribution in [0, 0.1) is 23.3 Å². The molecule has 0 radical (unpaired) electrons. The summed E-state index contributed by atoms with van der Waals surface area (Å²) in [6, 6.07) is 13.7. The molecule has 28 heteroatoms. The number of nitrogens with zero attached hydrogens (tertiary/aromatic N) is 4. The molecule has 4 fully saturated rings. The number of carbonyl (C=O) groups is 3. The highest BCUT2D eigenvalue weighted by atomic mass is 35.5. The summed E-state index contributed by atoms with van der Waals surface area (Å²) in [5, 5.41) is 39.5. The summed E-state index contributed by atoms with van der Waals surface area (Å²) in [6.45, 7) is 4.09. The average molecular weight is 1260 g/mol. The molecule has 2 aromatic heterocycles. The quantitative estimate of drug-likeness (QED) is 0.0525. The lowest BCUT2D eigenvalue weighted by atomic mass is 10.0. The predicted octanol–water partition coefficient (Wildman–Crippen LogP) is 9.66. The van der Waals surface area contributed by atoms with Crippen LogP contribution in [0.15, 0.2) is 82.6 Å². The fourth-order valence-electron chi connectivity index (χ4n) is 9.19. The van der Waals surface area contributed by atoms with Gasteiger partial charge in [-0.1, -0.05) is 46.4 Å². The molecule has 10 rings (SSSR count). The number of hydrogen-bond acceptors (Lipinski definition) is 12. The van der Waals surface area contributed by atoms with E-state index in [0.29, 0.717) is 55.8 Å². The number of aliphatic hydroxyl groups is 2. The molecule has 2 unspecified atom stereocenters. The lowest BCUT2D eigenvalue weighted by Gasteiger charge is -2.33. The molecule has 0 bridgehead atoms. The zero-order valence-electron chi connectivity index (χ0n) is 44.4. The number of likely N-dealkylation sites (tertiary alicyclic amines) is 2. The number of fused-ring (bicyclic) bond motifs is 2. The van der Waals surface area contributed by atoms with Crippen molar-refractivity contribution in [2.24, 2.45) is 5.73 Å². The number of piperidine rings is 2. The highest BCUT2D eigenvalue weighted by Gasteiger charge is 2.38. The molecule has 454 valence electrons. The summed E-state index contributed by atoms with van der Waals surface area (Å²) in [7, 11) is 0. The molecule has 2 saturated heterocycles. The van der Waals surface area contributed by atoms with Crippen LogP contribution in [0.3, 0.4) is 0 Å². The second-order valence-corrected chi connectivity index (χ2v) is 22.1. The van der Waals surface area contributed by atoms with E-state index in [4.69, 9.17) is 76.6 Å². The Labute approximate surface area is 494 Å². The summed E-state index contributed by atoms with van der Waals surface area (Å²) in [6.07, 6.45) is 3.23. The van der Waals surface area contributed by atoms with Crippen LogP contribution in [0.1, 0.15) is 84.2 Å². The standard InChI is InChI=1S/C27H27Cl2F2N3O4.C14H20ClFN2O2.C13H9ClFNO3.C2HF3O2/c28-21-4-3-18(9-23(21)30)38-14-17(35)12-33-7-5-15(6-8-33)32-27(37)20-13-34(16-1-2-16)25-11-22(29)24(31)10-19(25)26(20)36;15-13-2-1-12(7-14(13)16)20-9-11(19)8-18-5-3-10(17)4-6-18;14-9-4-11-7(3-10(9)15)12(17)8(13(18)19)5-16(11)6-1-2-6;3-2(4,5)1(6)7/h3-4,9-11,13,15-17,35H,1-2,5-8,12,14H2,(H,32,37);1-2,7,10-11,19H,3-6,8-9,17H2;3-6H,1-2H2,(H,18,19);(H,6,7). The van der Waals surface area contributed by atoms with Crippen molar-refractivity contribution in [3.63, 3.8) is 0 Å². The van der Waals surface area contributed by atoms with Gasteiger partial charge in [-0.3, -0.25) is 14.4 Å². The topological polar surface area (TPSA) is 239 Å². The van der Waals surface area contributed by atoms with Crippen LogP contribution in [0.25, 0.3) is 21.8 Å². The molecule has 2 aliphatic heterocycles. The van der Waals surface area contributed by atoms with Gasteiger partial charge in [-0.15, -0.1) is 0 Å². The normalized spacial score (nSPS) is 16.7. The average Bonchev–Trinajstić information content (AvgIpc) is 2.03. The molecule has 84 heavy (non-hydrogen) atoms. The Morgan fingerprint density at radius 3 is 1.36 bits per heavy atom. The minimum Gasteiger partial charge on any atom is -0.491 e. The maximum Gasteiger partial charge on any atom is 0.490 e. The molecule has 2 saturated carbocycles. The number of carbonyl (C=O) groups excluding carboxylic acids is 1. The Morgan fingerprint density at radius 2 is 0.976 bits per heavy atom. The van der Waals surface area contributed by atoms with Crippen LogP contribution in [0.2, 0.25) is 20.1 Å². The first-order valence-electron chi connectivity index (χ1n) is 26.3. The third kappa shape index (κ3) is 17.9. The number of aromatic nitrogens is 2. The molecule has 2 aliphatic carbocycles. The smallest absolute Gasteiger partial charge is 0.490 e. The first-order chi connectivity index (χ1) is 39.7. The lowest BCUT2D eigenvalue weighted by molar-refractivity contribution is -0.192. The Balaban J connectivity index is 0.000000185. The molecule has 7 N–H and O–H groups in total. The Hall–Kier alpha value is -6.22. The minimum absolute atomic E-state index is 0.000806. The molecular weight excluding hydrogens is 1210 g/mol. The van der Waals surface area contributed by atoms with Crippen molar-refractivity contribution in [1.29, 1.82) is 0 Å². The number of aliphatic hydroxyl groups excluding tert-OH is 2. The maximum absolute atomic E-state index is 14.1. The number of aromatic carboxylic acids is 1. The zero-order chi connectivity index (χ0) is 61.3. The molecule has 2 atom stereocenters. The number of hydrogen-bond donors (Lipinski definition) is 6. The van der Waals surface area contributed by atoms with Crippen LogP contribution >= 0.6 is 46.4 Å². The Bertz CT molecular complexity index is 3480.